The third kappa shape index (κ3) is 4.44. The summed E-state index contributed by atoms with van der Waals surface area (Å²) in [6.07, 6.45) is 1.18. The van der Waals surface area contributed by atoms with Gasteiger partial charge in [0.2, 0.25) is 0 Å². The van der Waals surface area contributed by atoms with Crippen LogP contribution in [-0.4, -0.2) is 30.7 Å². The number of rotatable bonds is 6. The molecule has 94 valence electrons. The van der Waals surface area contributed by atoms with Crippen molar-refractivity contribution in [3.05, 3.63) is 29.8 Å². The molecule has 1 atom stereocenters. The van der Waals surface area contributed by atoms with Crippen LogP contribution < -0.4 is 10.6 Å². The van der Waals surface area contributed by atoms with Gasteiger partial charge in [0.1, 0.15) is 0 Å². The largest absolute Gasteiger partial charge is 0.393 e. The van der Waals surface area contributed by atoms with Crippen LogP contribution in [0, 0.1) is 0 Å². The molecule has 1 unspecified atom stereocenters. The molecular weight excluding hydrogens is 216 g/mol. The average Bonchev–Trinajstić information content (AvgIpc) is 2.34. The molecule has 0 bridgehead atoms. The molecule has 17 heavy (non-hydrogen) atoms. The maximum absolute atomic E-state index is 11.9. The summed E-state index contributed by atoms with van der Waals surface area (Å²) in [7, 11) is 1.79. The van der Waals surface area contributed by atoms with E-state index in [2.05, 4.69) is 10.6 Å². The Kier molecular flexibility index (Phi) is 5.49. The first-order chi connectivity index (χ1) is 8.15. The number of nitrogens with one attached hydrogen (secondary N) is 2. The Bertz CT molecular complexity index is 364. The summed E-state index contributed by atoms with van der Waals surface area (Å²) < 4.78 is 0. The highest BCUT2D eigenvalue weighted by Crippen LogP contribution is 2.13. The van der Waals surface area contributed by atoms with Crippen LogP contribution >= 0.6 is 0 Å². The number of carbonyl (C=O) groups excluding carboxylic acids is 1. The summed E-state index contributed by atoms with van der Waals surface area (Å²) >= 11 is 0. The quantitative estimate of drug-likeness (QED) is 0.658. The predicted octanol–water partition coefficient (Wildman–Crippen LogP) is 1.62. The van der Waals surface area contributed by atoms with Crippen molar-refractivity contribution in [2.75, 3.05) is 18.9 Å². The van der Waals surface area contributed by atoms with Gasteiger partial charge in [-0.05, 0) is 31.9 Å². The van der Waals surface area contributed by atoms with Gasteiger partial charge in [-0.1, -0.05) is 12.1 Å². The first kappa shape index (κ1) is 13.5. The minimum Gasteiger partial charge on any atom is -0.393 e. The van der Waals surface area contributed by atoms with Gasteiger partial charge < -0.3 is 15.7 Å². The number of anilines is 1. The molecule has 4 heteroatoms. The van der Waals surface area contributed by atoms with Crippen LogP contribution in [0.3, 0.4) is 0 Å². The summed E-state index contributed by atoms with van der Waals surface area (Å²) in [5.41, 5.74) is 1.47. The molecule has 1 amide bonds. The van der Waals surface area contributed by atoms with Crippen LogP contribution in [0.4, 0.5) is 5.69 Å². The predicted molar refractivity (Wildman–Crippen MR) is 69.2 cm³/mol. The van der Waals surface area contributed by atoms with Gasteiger partial charge in [-0.3, -0.25) is 4.79 Å². The van der Waals surface area contributed by atoms with Crippen molar-refractivity contribution in [2.24, 2.45) is 0 Å². The minimum absolute atomic E-state index is 0.0828. The third-order valence-electron chi connectivity index (χ3n) is 2.53. The Labute approximate surface area is 102 Å². The molecule has 0 saturated carbocycles. The monoisotopic (exact) mass is 236 g/mol. The maximum Gasteiger partial charge on any atom is 0.253 e. The molecule has 0 radical (unpaired) electrons. The van der Waals surface area contributed by atoms with Gasteiger partial charge in [-0.2, -0.15) is 0 Å². The second-order valence-corrected chi connectivity index (χ2v) is 4.04. The lowest BCUT2D eigenvalue weighted by Crippen LogP contribution is -2.25. The zero-order valence-electron chi connectivity index (χ0n) is 10.4. The number of hydrogen-bond donors (Lipinski definition) is 3. The number of carbonyl (C=O) groups is 1. The average molecular weight is 236 g/mol. The fourth-order valence-corrected chi connectivity index (χ4v) is 1.59. The third-order valence-corrected chi connectivity index (χ3v) is 2.53. The van der Waals surface area contributed by atoms with E-state index in [0.717, 1.165) is 12.1 Å². The van der Waals surface area contributed by atoms with Crippen LogP contribution in [0.15, 0.2) is 24.3 Å². The van der Waals surface area contributed by atoms with E-state index in [1.807, 2.05) is 18.2 Å². The lowest BCUT2D eigenvalue weighted by atomic mass is 10.1. The first-order valence-electron chi connectivity index (χ1n) is 5.88. The van der Waals surface area contributed by atoms with Gasteiger partial charge in [0, 0.05) is 19.3 Å². The minimum atomic E-state index is -0.309. The van der Waals surface area contributed by atoms with Crippen LogP contribution in [-0.2, 0) is 0 Å². The van der Waals surface area contributed by atoms with Crippen LogP contribution in [0.5, 0.6) is 0 Å². The number of hydrogen-bond acceptors (Lipinski definition) is 3. The molecule has 0 aromatic heterocycles. The molecule has 0 heterocycles. The van der Waals surface area contributed by atoms with Gasteiger partial charge >= 0.3 is 0 Å². The van der Waals surface area contributed by atoms with E-state index in [1.165, 1.54) is 0 Å². The van der Waals surface area contributed by atoms with Crippen molar-refractivity contribution in [3.8, 4) is 0 Å². The number of para-hydroxylation sites is 1. The molecule has 0 saturated heterocycles. The lowest BCUT2D eigenvalue weighted by Gasteiger charge is -2.10. The first-order valence-corrected chi connectivity index (χ1v) is 5.88. The van der Waals surface area contributed by atoms with E-state index in [4.69, 9.17) is 5.11 Å². The molecule has 0 spiro atoms. The summed E-state index contributed by atoms with van der Waals surface area (Å²) in [4.78, 5) is 11.9. The second kappa shape index (κ2) is 6.91. The standard InChI is InChI=1S/C13H20N2O2/c1-10(16)6-5-9-15-13(17)11-7-3-4-8-12(11)14-2/h3-4,7-8,10,14,16H,5-6,9H2,1-2H3,(H,15,17). The van der Waals surface area contributed by atoms with Crippen LogP contribution in [0.25, 0.3) is 0 Å². The molecular formula is C13H20N2O2. The Morgan fingerprint density at radius 3 is 2.76 bits per heavy atom. The smallest absolute Gasteiger partial charge is 0.253 e. The van der Waals surface area contributed by atoms with Gasteiger partial charge in [0.15, 0.2) is 0 Å². The number of aliphatic hydroxyl groups is 1. The summed E-state index contributed by atoms with van der Waals surface area (Å²) in [5.74, 6) is -0.0828. The summed E-state index contributed by atoms with van der Waals surface area (Å²) in [6, 6.07) is 7.38. The molecule has 0 fully saturated rings. The van der Waals surface area contributed by atoms with Crippen molar-refractivity contribution in [2.45, 2.75) is 25.9 Å². The topological polar surface area (TPSA) is 61.4 Å². The second-order valence-electron chi connectivity index (χ2n) is 4.04. The molecule has 1 aromatic rings. The normalized spacial score (nSPS) is 11.9. The highest BCUT2D eigenvalue weighted by molar-refractivity contribution is 5.99. The summed E-state index contributed by atoms with van der Waals surface area (Å²) in [5, 5.41) is 14.9. The molecule has 1 aromatic carbocycles. The zero-order valence-corrected chi connectivity index (χ0v) is 10.4. The number of amides is 1. The highest BCUT2D eigenvalue weighted by atomic mass is 16.3. The Hall–Kier alpha value is -1.55. The van der Waals surface area contributed by atoms with Gasteiger partial charge in [0.05, 0.1) is 11.7 Å². The molecule has 0 aliphatic rings. The molecule has 4 nitrogen and oxygen atoms in total. The number of benzene rings is 1. The van der Waals surface area contributed by atoms with Gasteiger partial charge in [0.25, 0.3) is 5.91 Å². The van der Waals surface area contributed by atoms with E-state index >= 15 is 0 Å². The molecule has 0 aliphatic carbocycles. The van der Waals surface area contributed by atoms with Gasteiger partial charge in [-0.15, -0.1) is 0 Å². The molecule has 1 rings (SSSR count). The van der Waals surface area contributed by atoms with E-state index in [9.17, 15) is 4.79 Å². The summed E-state index contributed by atoms with van der Waals surface area (Å²) in [6.45, 7) is 2.33. The SMILES string of the molecule is CNc1ccccc1C(=O)NCCCC(C)O. The van der Waals surface area contributed by atoms with E-state index < -0.39 is 0 Å². The van der Waals surface area contributed by atoms with Crippen molar-refractivity contribution >= 4 is 11.6 Å². The van der Waals surface area contributed by atoms with Crippen molar-refractivity contribution in [1.29, 1.82) is 0 Å². The van der Waals surface area contributed by atoms with E-state index in [-0.39, 0.29) is 12.0 Å². The van der Waals surface area contributed by atoms with Gasteiger partial charge in [-0.25, -0.2) is 0 Å². The van der Waals surface area contributed by atoms with Crippen LogP contribution in [0.2, 0.25) is 0 Å². The van der Waals surface area contributed by atoms with Crippen molar-refractivity contribution in [1.82, 2.24) is 5.32 Å². The Morgan fingerprint density at radius 1 is 1.41 bits per heavy atom. The maximum atomic E-state index is 11.9. The van der Waals surface area contributed by atoms with Crippen molar-refractivity contribution in [3.63, 3.8) is 0 Å². The lowest BCUT2D eigenvalue weighted by molar-refractivity contribution is 0.0950. The molecule has 3 N–H and O–H groups in total. The Balaban J connectivity index is 2.47. The van der Waals surface area contributed by atoms with E-state index in [1.54, 1.807) is 20.0 Å². The van der Waals surface area contributed by atoms with Crippen molar-refractivity contribution < 1.29 is 9.90 Å². The Morgan fingerprint density at radius 2 is 2.12 bits per heavy atom. The van der Waals surface area contributed by atoms with E-state index in [0.29, 0.717) is 18.5 Å². The highest BCUT2D eigenvalue weighted by Gasteiger charge is 2.08. The zero-order chi connectivity index (χ0) is 12.7. The number of aliphatic hydroxyl groups excluding tert-OH is 1. The van der Waals surface area contributed by atoms with Crippen LogP contribution in [0.1, 0.15) is 30.1 Å². The molecule has 0 aliphatic heterocycles. The fraction of sp³-hybridized carbons (Fsp3) is 0.462. The fourth-order valence-electron chi connectivity index (χ4n) is 1.59.